The number of hydrogen-bond acceptors (Lipinski definition) is 2. The van der Waals surface area contributed by atoms with Crippen molar-refractivity contribution in [2.24, 2.45) is 5.73 Å². The first-order chi connectivity index (χ1) is 8.13. The van der Waals surface area contributed by atoms with Crippen molar-refractivity contribution < 1.29 is 31.1 Å². The average molecular weight is 273 g/mol. The second kappa shape index (κ2) is 4.68. The van der Waals surface area contributed by atoms with E-state index in [-0.39, 0.29) is 0 Å². The quantitative estimate of drug-likeness (QED) is 0.859. The van der Waals surface area contributed by atoms with Crippen LogP contribution in [0.1, 0.15) is 11.6 Å². The topological polar surface area (TPSA) is 35.2 Å². The normalized spacial score (nSPS) is 14.4. The number of rotatable bonds is 3. The van der Waals surface area contributed by atoms with Crippen molar-refractivity contribution in [3.63, 3.8) is 0 Å². The summed E-state index contributed by atoms with van der Waals surface area (Å²) in [5.41, 5.74) is 4.14. The van der Waals surface area contributed by atoms with E-state index in [2.05, 4.69) is 4.74 Å². The van der Waals surface area contributed by atoms with Crippen molar-refractivity contribution in [1.29, 1.82) is 0 Å². The maximum absolute atomic E-state index is 13.2. The Morgan fingerprint density at radius 2 is 1.72 bits per heavy atom. The van der Waals surface area contributed by atoms with E-state index in [1.165, 1.54) is 0 Å². The molecule has 1 aromatic rings. The molecule has 1 atom stereocenters. The van der Waals surface area contributed by atoms with Crippen molar-refractivity contribution in [3.8, 4) is 5.75 Å². The lowest BCUT2D eigenvalue weighted by molar-refractivity contribution is -0.291. The number of nitrogens with two attached hydrogens (primary N) is 1. The summed E-state index contributed by atoms with van der Waals surface area (Å²) in [6.07, 6.45) is -5.83. The minimum Gasteiger partial charge on any atom is -0.493 e. The fraction of sp³-hybridized carbons (Fsp3) is 0.400. The third-order valence-electron chi connectivity index (χ3n) is 2.31. The van der Waals surface area contributed by atoms with Crippen LogP contribution >= 0.6 is 0 Å². The molecule has 0 aromatic heterocycles. The lowest BCUT2D eigenvalue weighted by Gasteiger charge is -2.26. The van der Waals surface area contributed by atoms with Gasteiger partial charge in [0.25, 0.3) is 0 Å². The van der Waals surface area contributed by atoms with E-state index in [0.717, 1.165) is 25.3 Å². The molecule has 0 aliphatic carbocycles. The predicted octanol–water partition coefficient (Wildman–Crippen LogP) is 3.03. The van der Waals surface area contributed by atoms with Crippen molar-refractivity contribution in [2.75, 3.05) is 7.11 Å². The molecule has 0 fully saturated rings. The Hall–Kier alpha value is -1.44. The van der Waals surface area contributed by atoms with Gasteiger partial charge in [0.1, 0.15) is 6.04 Å². The highest BCUT2D eigenvalue weighted by Crippen LogP contribution is 2.45. The molecule has 0 spiro atoms. The zero-order valence-electron chi connectivity index (χ0n) is 9.06. The van der Waals surface area contributed by atoms with Gasteiger partial charge in [-0.25, -0.2) is 4.39 Å². The van der Waals surface area contributed by atoms with Crippen LogP contribution in [0.4, 0.5) is 26.3 Å². The number of alkyl halides is 5. The molecule has 0 aliphatic rings. The molecule has 0 saturated heterocycles. The van der Waals surface area contributed by atoms with E-state index >= 15 is 0 Å². The van der Waals surface area contributed by atoms with Crippen molar-refractivity contribution in [3.05, 3.63) is 29.6 Å². The van der Waals surface area contributed by atoms with Gasteiger partial charge in [0, 0.05) is 5.56 Å². The molecule has 8 heteroatoms. The van der Waals surface area contributed by atoms with Crippen LogP contribution in [0.5, 0.6) is 5.75 Å². The summed E-state index contributed by atoms with van der Waals surface area (Å²) in [4.78, 5) is 0. The Morgan fingerprint density at radius 1 is 1.17 bits per heavy atom. The molecule has 0 amide bonds. The van der Waals surface area contributed by atoms with Gasteiger partial charge in [-0.05, 0) is 6.07 Å². The Kier molecular flexibility index (Phi) is 3.80. The highest BCUT2D eigenvalue weighted by atomic mass is 19.4. The fourth-order valence-corrected chi connectivity index (χ4v) is 1.36. The fourth-order valence-electron chi connectivity index (χ4n) is 1.36. The summed E-state index contributed by atoms with van der Waals surface area (Å²) in [6, 6.07) is -0.0601. The summed E-state index contributed by atoms with van der Waals surface area (Å²) in [5, 5.41) is 0. The van der Waals surface area contributed by atoms with Crippen LogP contribution in [-0.2, 0) is 0 Å². The first kappa shape index (κ1) is 14.6. The van der Waals surface area contributed by atoms with Gasteiger partial charge >= 0.3 is 12.1 Å². The van der Waals surface area contributed by atoms with Crippen LogP contribution < -0.4 is 10.5 Å². The number of hydrogen-bond donors (Lipinski definition) is 1. The molecular formula is C10H9F6NO. The number of para-hydroxylation sites is 1. The molecule has 0 aliphatic heterocycles. The minimum atomic E-state index is -5.83. The number of halogens is 6. The smallest absolute Gasteiger partial charge is 0.455 e. The van der Waals surface area contributed by atoms with Crippen LogP contribution in [0.25, 0.3) is 0 Å². The van der Waals surface area contributed by atoms with Crippen LogP contribution in [-0.4, -0.2) is 19.2 Å². The zero-order chi connectivity index (χ0) is 14.1. The molecule has 1 aromatic carbocycles. The number of methoxy groups -OCH3 is 1. The molecule has 0 unspecified atom stereocenters. The second-order valence-corrected chi connectivity index (χ2v) is 3.46. The van der Waals surface area contributed by atoms with Crippen LogP contribution in [0.2, 0.25) is 0 Å². The van der Waals surface area contributed by atoms with Crippen molar-refractivity contribution in [1.82, 2.24) is 0 Å². The van der Waals surface area contributed by atoms with Gasteiger partial charge in [-0.2, -0.15) is 22.0 Å². The monoisotopic (exact) mass is 273 g/mol. The maximum atomic E-state index is 13.2. The average Bonchev–Trinajstić information content (AvgIpc) is 2.26. The van der Waals surface area contributed by atoms with Gasteiger partial charge < -0.3 is 10.5 Å². The molecule has 0 saturated carbocycles. The Labute approximate surface area is 98.3 Å². The maximum Gasteiger partial charge on any atom is 0.455 e. The van der Waals surface area contributed by atoms with E-state index < -0.39 is 35.3 Å². The molecule has 102 valence electrons. The third kappa shape index (κ3) is 2.38. The van der Waals surface area contributed by atoms with Crippen molar-refractivity contribution in [2.45, 2.75) is 18.1 Å². The summed E-state index contributed by atoms with van der Waals surface area (Å²) in [6.45, 7) is 0. The summed E-state index contributed by atoms with van der Waals surface area (Å²) < 4.78 is 80.1. The van der Waals surface area contributed by atoms with E-state index in [9.17, 15) is 26.3 Å². The van der Waals surface area contributed by atoms with Crippen LogP contribution in [0.15, 0.2) is 18.2 Å². The lowest BCUT2D eigenvalue weighted by Crippen LogP contribution is -2.46. The summed E-state index contributed by atoms with van der Waals surface area (Å²) >= 11 is 0. The molecule has 2 N–H and O–H groups in total. The van der Waals surface area contributed by atoms with Gasteiger partial charge in [-0.1, -0.05) is 12.1 Å². The standard InChI is InChI=1S/C10H9F6NO/c1-18-7-5(3-2-4-6(7)11)8(17)9(12,13)10(14,15)16/h2-4,8H,17H2,1H3/t8-/m1/s1. The zero-order valence-corrected chi connectivity index (χ0v) is 9.06. The Bertz CT molecular complexity index is 431. The van der Waals surface area contributed by atoms with Crippen LogP contribution in [0, 0.1) is 5.82 Å². The molecule has 0 bridgehead atoms. The van der Waals surface area contributed by atoms with E-state index in [1.807, 2.05) is 0 Å². The van der Waals surface area contributed by atoms with Gasteiger partial charge in [0.05, 0.1) is 7.11 Å². The van der Waals surface area contributed by atoms with Gasteiger partial charge in [0.2, 0.25) is 0 Å². The summed E-state index contributed by atoms with van der Waals surface area (Å²) in [5.74, 6) is -6.98. The molecule has 1 rings (SSSR count). The highest BCUT2D eigenvalue weighted by Gasteiger charge is 2.62. The molecule has 0 radical (unpaired) electrons. The first-order valence-electron chi connectivity index (χ1n) is 4.65. The summed E-state index contributed by atoms with van der Waals surface area (Å²) in [7, 11) is 0.945. The van der Waals surface area contributed by atoms with Crippen molar-refractivity contribution >= 4 is 0 Å². The first-order valence-corrected chi connectivity index (χ1v) is 4.65. The van der Waals surface area contributed by atoms with Gasteiger partial charge in [0.15, 0.2) is 11.6 Å². The van der Waals surface area contributed by atoms with E-state index in [4.69, 9.17) is 5.73 Å². The molecular weight excluding hydrogens is 264 g/mol. The molecule has 0 heterocycles. The predicted molar refractivity (Wildman–Crippen MR) is 50.9 cm³/mol. The highest BCUT2D eigenvalue weighted by molar-refractivity contribution is 5.38. The van der Waals surface area contributed by atoms with Crippen LogP contribution in [0.3, 0.4) is 0 Å². The Balaban J connectivity index is 3.27. The lowest BCUT2D eigenvalue weighted by atomic mass is 10.00. The molecule has 2 nitrogen and oxygen atoms in total. The minimum absolute atomic E-state index is 0.728. The number of benzene rings is 1. The number of ether oxygens (including phenoxy) is 1. The van der Waals surface area contributed by atoms with Gasteiger partial charge in [-0.15, -0.1) is 0 Å². The largest absolute Gasteiger partial charge is 0.493 e. The van der Waals surface area contributed by atoms with E-state index in [0.29, 0.717) is 0 Å². The second-order valence-electron chi connectivity index (χ2n) is 3.46. The van der Waals surface area contributed by atoms with Gasteiger partial charge in [-0.3, -0.25) is 0 Å². The third-order valence-corrected chi connectivity index (χ3v) is 2.31. The van der Waals surface area contributed by atoms with E-state index in [1.54, 1.807) is 0 Å². The SMILES string of the molecule is COc1c(F)cccc1[C@@H](N)C(F)(F)C(F)(F)F. The molecule has 18 heavy (non-hydrogen) atoms. The Morgan fingerprint density at radius 3 is 2.17 bits per heavy atom.